The number of ether oxygens (including phenoxy) is 1. The third-order valence-corrected chi connectivity index (χ3v) is 6.42. The van der Waals surface area contributed by atoms with E-state index in [4.69, 9.17) is 15.0 Å². The number of benzene rings is 4. The van der Waals surface area contributed by atoms with Crippen LogP contribution in [0.1, 0.15) is 27.8 Å². The van der Waals surface area contributed by atoms with Crippen molar-refractivity contribution < 1.29 is 22.5 Å². The third kappa shape index (κ3) is 8.02. The Kier molecular flexibility index (Phi) is 8.98. The van der Waals surface area contributed by atoms with Gasteiger partial charge in [-0.2, -0.15) is 8.42 Å². The van der Waals surface area contributed by atoms with Gasteiger partial charge in [0.1, 0.15) is 12.6 Å². The highest BCUT2D eigenvalue weighted by Gasteiger charge is 2.16. The maximum absolute atomic E-state index is 12.2. The Morgan fingerprint density at radius 1 is 0.806 bits per heavy atom. The van der Waals surface area contributed by atoms with Crippen molar-refractivity contribution in [3.8, 4) is 0 Å². The number of fused-ring (bicyclic) bond motifs is 1. The van der Waals surface area contributed by atoms with Crippen LogP contribution in [-0.4, -0.2) is 25.0 Å². The Bertz CT molecular complexity index is 1430. The molecular weight excluding hydrogens is 474 g/mol. The van der Waals surface area contributed by atoms with E-state index in [1.165, 1.54) is 17.5 Å². The summed E-state index contributed by atoms with van der Waals surface area (Å²) in [5, 5.41) is 2.33. The van der Waals surface area contributed by atoms with Crippen LogP contribution in [0.2, 0.25) is 0 Å². The molecule has 0 saturated heterocycles. The van der Waals surface area contributed by atoms with Gasteiger partial charge in [-0.1, -0.05) is 89.5 Å². The highest BCUT2D eigenvalue weighted by Crippen LogP contribution is 2.17. The molecule has 0 radical (unpaired) electrons. The van der Waals surface area contributed by atoms with Gasteiger partial charge in [-0.25, -0.2) is 0 Å². The fraction of sp³-hybridized carbons (Fsp3) is 0.207. The van der Waals surface area contributed by atoms with Crippen molar-refractivity contribution in [1.29, 1.82) is 0 Å². The Morgan fingerprint density at radius 3 is 2.03 bits per heavy atom. The van der Waals surface area contributed by atoms with E-state index >= 15 is 0 Å². The van der Waals surface area contributed by atoms with E-state index in [0.29, 0.717) is 6.42 Å². The molecule has 4 aromatic rings. The summed E-state index contributed by atoms with van der Waals surface area (Å²) in [5.74, 6) is -0.368. The minimum atomic E-state index is -4.02. The molecule has 0 bridgehead atoms. The largest absolute Gasteiger partial charge is 0.460 e. The van der Waals surface area contributed by atoms with Crippen LogP contribution in [0.5, 0.6) is 0 Å². The predicted octanol–water partition coefficient (Wildman–Crippen LogP) is 5.31. The van der Waals surface area contributed by atoms with Crippen molar-refractivity contribution in [3.63, 3.8) is 0 Å². The number of carbonyl (C=O) groups excluding carboxylic acids is 1. The van der Waals surface area contributed by atoms with Crippen LogP contribution in [0.25, 0.3) is 10.8 Å². The summed E-state index contributed by atoms with van der Waals surface area (Å²) in [6.07, 6.45) is 0.469. The van der Waals surface area contributed by atoms with E-state index in [9.17, 15) is 13.2 Å². The van der Waals surface area contributed by atoms with Crippen LogP contribution in [0.3, 0.4) is 0 Å². The van der Waals surface area contributed by atoms with Gasteiger partial charge < -0.3 is 10.5 Å². The predicted molar refractivity (Wildman–Crippen MR) is 142 cm³/mol. The smallest absolute Gasteiger partial charge is 0.323 e. The number of hydrogen-bond acceptors (Lipinski definition) is 5. The molecule has 0 amide bonds. The number of hydrogen-bond donors (Lipinski definition) is 2. The Hall–Kier alpha value is -3.52. The quantitative estimate of drug-likeness (QED) is 0.272. The lowest BCUT2D eigenvalue weighted by atomic mass is 10.0. The molecule has 0 fully saturated rings. The molecule has 4 aromatic carbocycles. The molecule has 0 aliphatic rings. The van der Waals surface area contributed by atoms with Crippen molar-refractivity contribution in [3.05, 3.63) is 113 Å². The van der Waals surface area contributed by atoms with Gasteiger partial charge in [0.2, 0.25) is 0 Å². The average Bonchev–Trinajstić information content (AvgIpc) is 2.82. The van der Waals surface area contributed by atoms with Crippen LogP contribution in [0, 0.1) is 20.8 Å². The normalized spacial score (nSPS) is 11.9. The summed E-state index contributed by atoms with van der Waals surface area (Å²) in [5.41, 5.74) is 11.3. The molecule has 1 atom stereocenters. The molecule has 36 heavy (non-hydrogen) atoms. The first-order valence-electron chi connectivity index (χ1n) is 11.5. The van der Waals surface area contributed by atoms with Crippen molar-refractivity contribution in [1.82, 2.24) is 0 Å². The van der Waals surface area contributed by atoms with E-state index in [1.807, 2.05) is 51.1 Å². The van der Waals surface area contributed by atoms with E-state index in [1.54, 1.807) is 12.1 Å². The van der Waals surface area contributed by atoms with Crippen LogP contribution >= 0.6 is 0 Å². The zero-order valence-corrected chi connectivity index (χ0v) is 21.5. The molecule has 0 aliphatic carbocycles. The lowest BCUT2D eigenvalue weighted by Gasteiger charge is -2.13. The van der Waals surface area contributed by atoms with Gasteiger partial charge in [0.25, 0.3) is 10.1 Å². The van der Waals surface area contributed by atoms with E-state index in [0.717, 1.165) is 33.2 Å². The van der Waals surface area contributed by atoms with Crippen molar-refractivity contribution in [2.75, 3.05) is 0 Å². The Balaban J connectivity index is 0.000000275. The minimum absolute atomic E-state index is 0.0666. The minimum Gasteiger partial charge on any atom is -0.460 e. The van der Waals surface area contributed by atoms with E-state index in [-0.39, 0.29) is 17.5 Å². The number of rotatable bonds is 6. The van der Waals surface area contributed by atoms with Crippen LogP contribution < -0.4 is 5.73 Å². The maximum Gasteiger partial charge on any atom is 0.323 e. The third-order valence-electron chi connectivity index (χ3n) is 5.55. The molecule has 0 unspecified atom stereocenters. The number of carbonyl (C=O) groups is 1. The van der Waals surface area contributed by atoms with Gasteiger partial charge in [-0.05, 0) is 61.2 Å². The van der Waals surface area contributed by atoms with E-state index < -0.39 is 16.2 Å². The highest BCUT2D eigenvalue weighted by molar-refractivity contribution is 7.85. The molecule has 0 aliphatic heterocycles. The first-order chi connectivity index (χ1) is 17.0. The number of nitrogens with two attached hydrogens (primary N) is 1. The summed E-state index contributed by atoms with van der Waals surface area (Å²) in [7, 11) is -4.02. The lowest BCUT2D eigenvalue weighted by molar-refractivity contribution is -0.146. The average molecular weight is 506 g/mol. The van der Waals surface area contributed by atoms with Crippen molar-refractivity contribution in [2.45, 2.75) is 44.7 Å². The fourth-order valence-corrected chi connectivity index (χ4v) is 4.31. The summed E-state index contributed by atoms with van der Waals surface area (Å²) >= 11 is 0. The van der Waals surface area contributed by atoms with Gasteiger partial charge in [0.05, 0.1) is 4.90 Å². The fourth-order valence-electron chi connectivity index (χ4n) is 3.83. The van der Waals surface area contributed by atoms with Gasteiger partial charge >= 0.3 is 5.97 Å². The number of aryl methyl sites for hydroxylation is 3. The molecule has 3 N–H and O–H groups in total. The maximum atomic E-state index is 12.2. The molecule has 0 spiro atoms. The Morgan fingerprint density at radius 2 is 1.42 bits per heavy atom. The second-order valence-corrected chi connectivity index (χ2v) is 10.3. The molecule has 4 rings (SSSR count). The zero-order chi connectivity index (χ0) is 26.3. The standard InChI is InChI=1S/C22H23NO2.C7H8O3S/c1-15-9-16(2)11-18(10-15)14-25-22(24)21(23)13-17-7-8-19-5-3-4-6-20(19)12-17;1-6-2-4-7(5-3-6)11(8,9)10/h3-12,21H,13-14,23H2,1-2H3;2-5H,1H3,(H,8,9,10)/t21-;/m0./s1. The zero-order valence-electron chi connectivity index (χ0n) is 20.6. The van der Waals surface area contributed by atoms with E-state index in [2.05, 4.69) is 30.3 Å². The summed E-state index contributed by atoms with van der Waals surface area (Å²) < 4.78 is 34.9. The molecule has 7 heteroatoms. The highest BCUT2D eigenvalue weighted by atomic mass is 32.2. The van der Waals surface area contributed by atoms with Crippen molar-refractivity contribution >= 4 is 26.9 Å². The molecule has 0 saturated carbocycles. The van der Waals surface area contributed by atoms with Gasteiger partial charge in [-0.3, -0.25) is 9.35 Å². The van der Waals surface area contributed by atoms with Crippen LogP contribution in [0.15, 0.2) is 89.8 Å². The molecule has 188 valence electrons. The Labute approximate surface area is 212 Å². The first kappa shape index (κ1) is 27.1. The first-order valence-corrected chi connectivity index (χ1v) is 13.0. The topological polar surface area (TPSA) is 107 Å². The second-order valence-electron chi connectivity index (χ2n) is 8.88. The molecule has 6 nitrogen and oxygen atoms in total. The van der Waals surface area contributed by atoms with Crippen molar-refractivity contribution in [2.24, 2.45) is 5.73 Å². The molecule has 0 heterocycles. The molecular formula is C29H31NO5S. The summed E-state index contributed by atoms with van der Waals surface area (Å²) in [6.45, 7) is 6.16. The second kappa shape index (κ2) is 11.9. The van der Waals surface area contributed by atoms with Crippen LogP contribution in [0.4, 0.5) is 0 Å². The van der Waals surface area contributed by atoms with Gasteiger partial charge in [0, 0.05) is 0 Å². The summed E-state index contributed by atoms with van der Waals surface area (Å²) in [6, 6.07) is 25.8. The lowest BCUT2D eigenvalue weighted by Crippen LogP contribution is -2.34. The molecule has 0 aromatic heterocycles. The monoisotopic (exact) mass is 505 g/mol. The number of esters is 1. The van der Waals surface area contributed by atoms with Gasteiger partial charge in [0.15, 0.2) is 0 Å². The SMILES string of the molecule is Cc1cc(C)cc(COC(=O)[C@@H](N)Cc2ccc3ccccc3c2)c1.Cc1ccc(S(=O)(=O)O)cc1. The summed E-state index contributed by atoms with van der Waals surface area (Å²) in [4.78, 5) is 12.1. The van der Waals surface area contributed by atoms with Crippen LogP contribution in [-0.2, 0) is 32.7 Å². The van der Waals surface area contributed by atoms with Gasteiger partial charge in [-0.15, -0.1) is 0 Å².